The third-order valence-corrected chi connectivity index (χ3v) is 3.89. The number of benzene rings is 1. The Hall–Kier alpha value is -0.320. The van der Waals surface area contributed by atoms with Crippen LogP contribution in [-0.4, -0.2) is 4.98 Å². The molecule has 0 fully saturated rings. The fourth-order valence-electron chi connectivity index (χ4n) is 1.18. The molecule has 2 rings (SSSR count). The van der Waals surface area contributed by atoms with Crippen LogP contribution in [0.25, 0.3) is 11.3 Å². The Kier molecular flexibility index (Phi) is 3.26. The predicted molar refractivity (Wildman–Crippen MR) is 67.9 cm³/mol. The largest absolute Gasteiger partial charge is 0.240 e. The van der Waals surface area contributed by atoms with E-state index in [2.05, 4.69) is 45.0 Å². The molecule has 0 unspecified atom stereocenters. The summed E-state index contributed by atoms with van der Waals surface area (Å²) >= 11 is 9.35. The molecular formula is C10H8BrNS2. The Morgan fingerprint density at radius 3 is 2.79 bits per heavy atom. The predicted octanol–water partition coefficient (Wildman–Crippen LogP) is 4.00. The first-order valence-electron chi connectivity index (χ1n) is 4.11. The van der Waals surface area contributed by atoms with Crippen molar-refractivity contribution in [1.29, 1.82) is 0 Å². The van der Waals surface area contributed by atoms with Crippen LogP contribution in [0.4, 0.5) is 0 Å². The number of hydrogen-bond acceptors (Lipinski definition) is 3. The van der Waals surface area contributed by atoms with Gasteiger partial charge in [-0.25, -0.2) is 4.98 Å². The molecule has 4 heteroatoms. The second-order valence-corrected chi connectivity index (χ2v) is 4.88. The second kappa shape index (κ2) is 4.47. The summed E-state index contributed by atoms with van der Waals surface area (Å²) in [5, 5.41) is 3.12. The normalized spacial score (nSPS) is 10.4. The lowest BCUT2D eigenvalue weighted by Crippen LogP contribution is -1.80. The Labute approximate surface area is 101 Å². The summed E-state index contributed by atoms with van der Waals surface area (Å²) < 4.78 is 1.08. The molecule has 0 amide bonds. The van der Waals surface area contributed by atoms with Crippen LogP contribution in [-0.2, 0) is 5.75 Å². The zero-order valence-corrected chi connectivity index (χ0v) is 10.6. The molecule has 0 atom stereocenters. The van der Waals surface area contributed by atoms with Gasteiger partial charge in [0, 0.05) is 21.2 Å². The molecule has 0 radical (unpaired) electrons. The van der Waals surface area contributed by atoms with Crippen molar-refractivity contribution in [1.82, 2.24) is 4.98 Å². The zero-order valence-electron chi connectivity index (χ0n) is 7.27. The molecule has 1 heterocycles. The van der Waals surface area contributed by atoms with E-state index in [-0.39, 0.29) is 0 Å². The van der Waals surface area contributed by atoms with Crippen molar-refractivity contribution in [2.45, 2.75) is 5.75 Å². The number of aromatic nitrogens is 1. The minimum Gasteiger partial charge on any atom is -0.240 e. The van der Waals surface area contributed by atoms with Gasteiger partial charge in [-0.2, -0.15) is 12.6 Å². The highest BCUT2D eigenvalue weighted by Crippen LogP contribution is 2.29. The summed E-state index contributed by atoms with van der Waals surface area (Å²) in [6.07, 6.45) is 0. The van der Waals surface area contributed by atoms with Gasteiger partial charge in [0.05, 0.1) is 5.69 Å². The molecule has 0 bridgehead atoms. The highest BCUT2D eigenvalue weighted by molar-refractivity contribution is 9.10. The van der Waals surface area contributed by atoms with Gasteiger partial charge in [-0.05, 0) is 6.07 Å². The van der Waals surface area contributed by atoms with E-state index in [9.17, 15) is 0 Å². The summed E-state index contributed by atoms with van der Waals surface area (Å²) in [6.45, 7) is 0. The first-order valence-corrected chi connectivity index (χ1v) is 6.42. The van der Waals surface area contributed by atoms with Crippen LogP contribution in [0.5, 0.6) is 0 Å². The average molecular weight is 286 g/mol. The number of rotatable bonds is 2. The van der Waals surface area contributed by atoms with E-state index in [0.29, 0.717) is 5.75 Å². The molecule has 14 heavy (non-hydrogen) atoms. The lowest BCUT2D eigenvalue weighted by Gasteiger charge is -1.98. The number of thiazole rings is 1. The molecule has 1 aromatic carbocycles. The Bertz CT molecular complexity index is 439. The maximum Gasteiger partial charge on any atom is 0.103 e. The molecule has 0 N–H and O–H groups in total. The molecule has 0 aliphatic carbocycles. The molecule has 1 aromatic heterocycles. The van der Waals surface area contributed by atoms with Crippen molar-refractivity contribution in [3.63, 3.8) is 0 Å². The van der Waals surface area contributed by atoms with E-state index >= 15 is 0 Å². The van der Waals surface area contributed by atoms with Gasteiger partial charge in [0.25, 0.3) is 0 Å². The molecule has 0 aliphatic rings. The quantitative estimate of drug-likeness (QED) is 0.823. The lowest BCUT2D eigenvalue weighted by atomic mass is 10.2. The highest BCUT2D eigenvalue weighted by Gasteiger charge is 2.05. The topological polar surface area (TPSA) is 12.9 Å². The Morgan fingerprint density at radius 1 is 1.36 bits per heavy atom. The fourth-order valence-corrected chi connectivity index (χ4v) is 2.61. The fraction of sp³-hybridized carbons (Fsp3) is 0.100. The standard InChI is InChI=1S/C10H8BrNS2/c11-8-4-2-1-3-7(8)9-6-14-10(5-13)12-9/h1-4,6,13H,5H2. The Balaban J connectivity index is 2.44. The lowest BCUT2D eigenvalue weighted by molar-refractivity contribution is 1.27. The van der Waals surface area contributed by atoms with Gasteiger partial charge in [-0.1, -0.05) is 34.1 Å². The number of halogens is 1. The van der Waals surface area contributed by atoms with Crippen molar-refractivity contribution in [3.05, 3.63) is 39.1 Å². The van der Waals surface area contributed by atoms with E-state index in [1.54, 1.807) is 11.3 Å². The van der Waals surface area contributed by atoms with Crippen molar-refractivity contribution < 1.29 is 0 Å². The third-order valence-electron chi connectivity index (χ3n) is 1.84. The maximum absolute atomic E-state index is 4.47. The minimum atomic E-state index is 0.703. The van der Waals surface area contributed by atoms with Gasteiger partial charge in [-0.3, -0.25) is 0 Å². The molecule has 0 aliphatic heterocycles. The summed E-state index contributed by atoms with van der Waals surface area (Å²) in [7, 11) is 0. The van der Waals surface area contributed by atoms with Crippen molar-refractivity contribution in [2.75, 3.05) is 0 Å². The summed E-state index contributed by atoms with van der Waals surface area (Å²) in [4.78, 5) is 4.47. The van der Waals surface area contributed by atoms with E-state index < -0.39 is 0 Å². The van der Waals surface area contributed by atoms with Crippen molar-refractivity contribution in [3.8, 4) is 11.3 Å². The van der Waals surface area contributed by atoms with Crippen molar-refractivity contribution >= 4 is 39.9 Å². The van der Waals surface area contributed by atoms with Gasteiger partial charge in [0.2, 0.25) is 0 Å². The van der Waals surface area contributed by atoms with Gasteiger partial charge >= 0.3 is 0 Å². The second-order valence-electron chi connectivity index (χ2n) is 2.76. The molecule has 2 aromatic rings. The molecule has 0 spiro atoms. The number of hydrogen-bond donors (Lipinski definition) is 1. The van der Waals surface area contributed by atoms with Crippen LogP contribution in [0.1, 0.15) is 5.01 Å². The van der Waals surface area contributed by atoms with E-state index in [1.807, 2.05) is 18.2 Å². The average Bonchev–Trinajstić information content (AvgIpc) is 2.67. The number of thiol groups is 1. The monoisotopic (exact) mass is 285 g/mol. The van der Waals surface area contributed by atoms with Gasteiger partial charge in [0.1, 0.15) is 5.01 Å². The van der Waals surface area contributed by atoms with Crippen LogP contribution in [0, 0.1) is 0 Å². The maximum atomic E-state index is 4.47. The van der Waals surface area contributed by atoms with Crippen LogP contribution in [0.2, 0.25) is 0 Å². The van der Waals surface area contributed by atoms with E-state index in [0.717, 1.165) is 20.7 Å². The third kappa shape index (κ3) is 2.02. The van der Waals surface area contributed by atoms with Crippen LogP contribution < -0.4 is 0 Å². The summed E-state index contributed by atoms with van der Waals surface area (Å²) in [5.41, 5.74) is 2.16. The molecular weight excluding hydrogens is 278 g/mol. The van der Waals surface area contributed by atoms with Crippen LogP contribution in [0.3, 0.4) is 0 Å². The van der Waals surface area contributed by atoms with Gasteiger partial charge < -0.3 is 0 Å². The molecule has 72 valence electrons. The van der Waals surface area contributed by atoms with E-state index in [1.165, 1.54) is 0 Å². The van der Waals surface area contributed by atoms with Crippen LogP contribution in [0.15, 0.2) is 34.1 Å². The molecule has 0 saturated carbocycles. The van der Waals surface area contributed by atoms with Gasteiger partial charge in [-0.15, -0.1) is 11.3 Å². The Morgan fingerprint density at radius 2 is 2.14 bits per heavy atom. The smallest absolute Gasteiger partial charge is 0.103 e. The minimum absolute atomic E-state index is 0.703. The van der Waals surface area contributed by atoms with Crippen LogP contribution >= 0.6 is 39.9 Å². The number of nitrogens with zero attached hydrogens (tertiary/aromatic N) is 1. The first kappa shape index (κ1) is 10.2. The highest BCUT2D eigenvalue weighted by atomic mass is 79.9. The van der Waals surface area contributed by atoms with E-state index in [4.69, 9.17) is 0 Å². The van der Waals surface area contributed by atoms with Gasteiger partial charge in [0.15, 0.2) is 0 Å². The summed E-state index contributed by atoms with van der Waals surface area (Å²) in [5.74, 6) is 0.703. The van der Waals surface area contributed by atoms with Crippen molar-refractivity contribution in [2.24, 2.45) is 0 Å². The molecule has 1 nitrogen and oxygen atoms in total. The summed E-state index contributed by atoms with van der Waals surface area (Å²) in [6, 6.07) is 8.09. The SMILES string of the molecule is SCc1nc(-c2ccccc2Br)cs1. The first-order chi connectivity index (χ1) is 6.81. The molecule has 0 saturated heterocycles. The zero-order chi connectivity index (χ0) is 9.97.